The molecule has 198 valence electrons. The number of anilines is 1. The van der Waals surface area contributed by atoms with Crippen LogP contribution in [-0.4, -0.2) is 67.5 Å². The Bertz CT molecular complexity index is 1220. The lowest BCUT2D eigenvalue weighted by molar-refractivity contribution is -0.385. The summed E-state index contributed by atoms with van der Waals surface area (Å²) in [6.07, 6.45) is 10.6. The van der Waals surface area contributed by atoms with Crippen molar-refractivity contribution < 1.29 is 19.2 Å². The fourth-order valence-electron chi connectivity index (χ4n) is 7.94. The molecule has 2 amide bonds. The summed E-state index contributed by atoms with van der Waals surface area (Å²) in [6, 6.07) is 0. The highest BCUT2D eigenvalue weighted by molar-refractivity contribution is 6.02. The lowest BCUT2D eigenvalue weighted by atomic mass is 9.46. The molecule has 4 aliphatic carbocycles. The number of rotatable bonds is 7. The Morgan fingerprint density at radius 1 is 1.16 bits per heavy atom. The van der Waals surface area contributed by atoms with Gasteiger partial charge < -0.3 is 15.0 Å². The molecule has 7 rings (SSSR count). The molecule has 0 spiro atoms. The van der Waals surface area contributed by atoms with Crippen molar-refractivity contribution in [3.05, 3.63) is 34.4 Å². The van der Waals surface area contributed by atoms with Crippen molar-refractivity contribution in [2.24, 2.45) is 17.3 Å². The molecular weight excluding hydrogens is 478 g/mol. The number of amides is 2. The summed E-state index contributed by atoms with van der Waals surface area (Å²) < 4.78 is 8.84. The molecule has 12 nitrogen and oxygen atoms in total. The van der Waals surface area contributed by atoms with Gasteiger partial charge in [0, 0.05) is 26.1 Å². The molecule has 4 bridgehead atoms. The van der Waals surface area contributed by atoms with E-state index in [0.29, 0.717) is 62.5 Å². The second kappa shape index (κ2) is 8.93. The molecule has 1 saturated heterocycles. The van der Waals surface area contributed by atoms with E-state index < -0.39 is 4.92 Å². The Labute approximate surface area is 214 Å². The fraction of sp³-hybridized carbons (Fsp3) is 0.680. The zero-order valence-corrected chi connectivity index (χ0v) is 21.1. The monoisotopic (exact) mass is 511 g/mol. The first-order chi connectivity index (χ1) is 17.8. The van der Waals surface area contributed by atoms with Crippen LogP contribution in [0, 0.1) is 27.4 Å². The maximum atomic E-state index is 13.5. The molecule has 1 aliphatic heterocycles. The first-order valence-electron chi connectivity index (χ1n) is 13.2. The van der Waals surface area contributed by atoms with E-state index in [1.807, 2.05) is 11.6 Å². The van der Waals surface area contributed by atoms with Gasteiger partial charge in [-0.1, -0.05) is 0 Å². The first kappa shape index (κ1) is 24.1. The molecule has 2 atom stereocenters. The number of ether oxygens (including phenoxy) is 1. The number of nitrogens with one attached hydrogen (secondary N) is 1. The number of carbonyl (C=O) groups excluding carboxylic acids is 2. The molecule has 2 unspecified atom stereocenters. The summed E-state index contributed by atoms with van der Waals surface area (Å²) >= 11 is 0. The van der Waals surface area contributed by atoms with Crippen LogP contribution < -0.4 is 5.32 Å². The maximum absolute atomic E-state index is 13.5. The highest BCUT2D eigenvalue weighted by Gasteiger charge is 2.59. The molecule has 4 saturated carbocycles. The van der Waals surface area contributed by atoms with Crippen LogP contribution in [0.15, 0.2) is 18.6 Å². The van der Waals surface area contributed by atoms with Crippen LogP contribution >= 0.6 is 0 Å². The van der Waals surface area contributed by atoms with Gasteiger partial charge in [0.05, 0.1) is 35.6 Å². The van der Waals surface area contributed by atoms with Gasteiger partial charge in [0.15, 0.2) is 0 Å². The van der Waals surface area contributed by atoms with E-state index in [9.17, 15) is 19.7 Å². The Hall–Kier alpha value is -3.28. The highest BCUT2D eigenvalue weighted by atomic mass is 16.6. The third kappa shape index (κ3) is 4.20. The SMILES string of the molecule is CCn1ncc(NC(=O)CC23CC4CC(C2)CC(n2cc([N+](=O)[O-])cn2)(C4)C3)c1C(=O)N1CCOCC1. The van der Waals surface area contributed by atoms with Crippen molar-refractivity contribution >= 4 is 23.2 Å². The van der Waals surface area contributed by atoms with Crippen LogP contribution in [0.3, 0.4) is 0 Å². The van der Waals surface area contributed by atoms with E-state index in [2.05, 4.69) is 15.5 Å². The summed E-state index contributed by atoms with van der Waals surface area (Å²) in [4.78, 5) is 39.4. The van der Waals surface area contributed by atoms with Crippen LogP contribution in [0.4, 0.5) is 11.4 Å². The lowest BCUT2D eigenvalue weighted by Crippen LogP contribution is -2.57. The minimum Gasteiger partial charge on any atom is -0.378 e. The predicted octanol–water partition coefficient (Wildman–Crippen LogP) is 2.80. The number of hydrogen-bond acceptors (Lipinski definition) is 7. The van der Waals surface area contributed by atoms with Crippen molar-refractivity contribution in [2.75, 3.05) is 31.6 Å². The third-order valence-corrected chi connectivity index (χ3v) is 8.87. The van der Waals surface area contributed by atoms with Crippen molar-refractivity contribution in [1.82, 2.24) is 24.5 Å². The molecule has 2 aromatic heterocycles. The average Bonchev–Trinajstić information content (AvgIpc) is 3.51. The average molecular weight is 512 g/mol. The molecule has 0 radical (unpaired) electrons. The summed E-state index contributed by atoms with van der Waals surface area (Å²) in [7, 11) is 0. The van der Waals surface area contributed by atoms with Gasteiger partial charge in [-0.2, -0.15) is 10.2 Å². The quantitative estimate of drug-likeness (QED) is 0.446. The minimum atomic E-state index is -0.403. The molecule has 5 fully saturated rings. The van der Waals surface area contributed by atoms with Crippen LogP contribution in [0.1, 0.15) is 62.4 Å². The number of nitro groups is 1. The van der Waals surface area contributed by atoms with E-state index in [0.717, 1.165) is 38.5 Å². The van der Waals surface area contributed by atoms with E-state index in [1.165, 1.54) is 6.20 Å². The van der Waals surface area contributed by atoms with Gasteiger partial charge in [0.1, 0.15) is 18.1 Å². The van der Waals surface area contributed by atoms with Crippen molar-refractivity contribution in [1.29, 1.82) is 0 Å². The second-order valence-electron chi connectivity index (χ2n) is 11.4. The van der Waals surface area contributed by atoms with Crippen LogP contribution in [0.2, 0.25) is 0 Å². The van der Waals surface area contributed by atoms with Crippen molar-refractivity contribution in [2.45, 2.75) is 64.0 Å². The van der Waals surface area contributed by atoms with Gasteiger partial charge in [-0.3, -0.25) is 29.1 Å². The molecule has 5 aliphatic rings. The summed E-state index contributed by atoms with van der Waals surface area (Å²) in [5.41, 5.74) is 0.412. The number of aryl methyl sites for hydroxylation is 1. The minimum absolute atomic E-state index is 0.00735. The van der Waals surface area contributed by atoms with Gasteiger partial charge in [0.2, 0.25) is 5.91 Å². The normalized spacial score (nSPS) is 30.5. The maximum Gasteiger partial charge on any atom is 0.307 e. The van der Waals surface area contributed by atoms with Crippen LogP contribution in [0.25, 0.3) is 0 Å². The summed E-state index contributed by atoms with van der Waals surface area (Å²) in [6.45, 7) is 4.47. The first-order valence-corrected chi connectivity index (χ1v) is 13.2. The zero-order valence-electron chi connectivity index (χ0n) is 21.1. The predicted molar refractivity (Wildman–Crippen MR) is 132 cm³/mol. The topological polar surface area (TPSA) is 137 Å². The summed E-state index contributed by atoms with van der Waals surface area (Å²) in [5.74, 6) is 0.708. The van der Waals surface area contributed by atoms with Gasteiger partial charge in [-0.15, -0.1) is 0 Å². The highest BCUT2D eigenvalue weighted by Crippen LogP contribution is 2.65. The van der Waals surface area contributed by atoms with E-state index in [-0.39, 0.29) is 28.5 Å². The molecule has 2 aromatic rings. The Kier molecular flexibility index (Phi) is 5.81. The number of nitrogens with zero attached hydrogens (tertiary/aromatic N) is 6. The van der Waals surface area contributed by atoms with Gasteiger partial charge in [-0.05, 0) is 62.7 Å². The molecule has 1 N–H and O–H groups in total. The second-order valence-corrected chi connectivity index (χ2v) is 11.4. The zero-order chi connectivity index (χ0) is 25.8. The Morgan fingerprint density at radius 3 is 2.54 bits per heavy atom. The van der Waals surface area contributed by atoms with Gasteiger partial charge in [0.25, 0.3) is 5.91 Å². The fourth-order valence-corrected chi connectivity index (χ4v) is 7.94. The number of aromatic nitrogens is 4. The molecule has 3 heterocycles. The van der Waals surface area contributed by atoms with Gasteiger partial charge >= 0.3 is 5.69 Å². The van der Waals surface area contributed by atoms with E-state index in [1.54, 1.807) is 22.0 Å². The van der Waals surface area contributed by atoms with E-state index >= 15 is 0 Å². The standard InChI is InChI=1S/C25H33N7O5/c1-2-30-22(23(34)29-3-5-37-6-4-29)20(14-26-30)28-21(33)12-24-8-17-7-18(9-24)11-25(10-17,16-24)31-15-19(13-27-31)32(35)36/h13-15,17-18H,2-12,16H2,1H3,(H,28,33). The van der Waals surface area contributed by atoms with Crippen molar-refractivity contribution in [3.8, 4) is 0 Å². The van der Waals surface area contributed by atoms with Gasteiger partial charge in [-0.25, -0.2) is 0 Å². The molecule has 0 aromatic carbocycles. The Morgan fingerprint density at radius 2 is 1.89 bits per heavy atom. The number of hydrogen-bond donors (Lipinski definition) is 1. The summed E-state index contributed by atoms with van der Waals surface area (Å²) in [5, 5.41) is 23.1. The van der Waals surface area contributed by atoms with Crippen LogP contribution in [-0.2, 0) is 21.6 Å². The number of morpholine rings is 1. The molecular formula is C25H33N7O5. The third-order valence-electron chi connectivity index (χ3n) is 8.87. The largest absolute Gasteiger partial charge is 0.378 e. The number of carbonyl (C=O) groups is 2. The van der Waals surface area contributed by atoms with Crippen molar-refractivity contribution in [3.63, 3.8) is 0 Å². The smallest absolute Gasteiger partial charge is 0.307 e. The lowest BCUT2D eigenvalue weighted by Gasteiger charge is -2.61. The van der Waals surface area contributed by atoms with Crippen LogP contribution in [0.5, 0.6) is 0 Å². The Balaban J connectivity index is 1.22. The van der Waals surface area contributed by atoms with E-state index in [4.69, 9.17) is 4.74 Å². The molecule has 37 heavy (non-hydrogen) atoms. The molecule has 12 heteroatoms.